The predicted molar refractivity (Wildman–Crippen MR) is 154 cm³/mol. The van der Waals surface area contributed by atoms with Crippen LogP contribution < -0.4 is 10.6 Å². The second-order valence-electron chi connectivity index (χ2n) is 10.7. The number of nitrogens with one attached hydrogen (secondary N) is 2. The summed E-state index contributed by atoms with van der Waals surface area (Å²) in [6.45, 7) is 3.89. The van der Waals surface area contributed by atoms with Crippen molar-refractivity contribution in [3.05, 3.63) is 42.5 Å². The topological polar surface area (TPSA) is 147 Å². The van der Waals surface area contributed by atoms with Crippen LogP contribution in [-0.2, 0) is 14.8 Å². The molecule has 0 bridgehead atoms. The SMILES string of the molecule is O=S(=O)(C1CC1)n1cc(-c2nccc(Nc3cc(NC4CCC(O)CC4)c(C#CCN4CCOCC4)cn3)n2)cn1. The fourth-order valence-electron chi connectivity index (χ4n) is 4.97. The maximum absolute atomic E-state index is 12.5. The first kappa shape index (κ1) is 27.6. The first-order valence-corrected chi connectivity index (χ1v) is 15.6. The minimum atomic E-state index is -3.47. The summed E-state index contributed by atoms with van der Waals surface area (Å²) in [5.41, 5.74) is 2.19. The van der Waals surface area contributed by atoms with Gasteiger partial charge in [0.2, 0.25) is 0 Å². The van der Waals surface area contributed by atoms with E-state index in [1.165, 1.54) is 12.4 Å². The van der Waals surface area contributed by atoms with Crippen molar-refractivity contribution in [1.29, 1.82) is 0 Å². The third kappa shape index (κ3) is 6.84. The summed E-state index contributed by atoms with van der Waals surface area (Å²) in [6, 6.07) is 3.89. The number of aliphatic hydroxyl groups is 1. The quantitative estimate of drug-likeness (QED) is 0.338. The number of pyridine rings is 1. The highest BCUT2D eigenvalue weighted by Crippen LogP contribution is 2.30. The highest BCUT2D eigenvalue weighted by atomic mass is 32.2. The van der Waals surface area contributed by atoms with E-state index < -0.39 is 10.0 Å². The van der Waals surface area contributed by atoms with Gasteiger partial charge in [-0.15, -0.1) is 0 Å². The van der Waals surface area contributed by atoms with Crippen LogP contribution in [0.5, 0.6) is 0 Å². The molecule has 0 atom stereocenters. The van der Waals surface area contributed by atoms with E-state index in [1.807, 2.05) is 6.07 Å². The molecule has 2 aliphatic carbocycles. The second kappa shape index (κ2) is 12.1. The molecule has 3 aliphatic rings. The number of anilines is 3. The zero-order valence-electron chi connectivity index (χ0n) is 22.7. The molecule has 13 heteroatoms. The third-order valence-electron chi connectivity index (χ3n) is 7.53. The lowest BCUT2D eigenvalue weighted by Crippen LogP contribution is -2.36. The Morgan fingerprint density at radius 2 is 1.85 bits per heavy atom. The smallest absolute Gasteiger partial charge is 0.256 e. The lowest BCUT2D eigenvalue weighted by atomic mass is 9.93. The van der Waals surface area contributed by atoms with Crippen molar-refractivity contribution in [3.63, 3.8) is 0 Å². The fourth-order valence-corrected chi connectivity index (χ4v) is 6.44. The molecule has 3 fully saturated rings. The van der Waals surface area contributed by atoms with Gasteiger partial charge in [0.05, 0.1) is 60.3 Å². The largest absolute Gasteiger partial charge is 0.393 e. The van der Waals surface area contributed by atoms with E-state index >= 15 is 0 Å². The molecule has 2 saturated carbocycles. The van der Waals surface area contributed by atoms with E-state index in [0.717, 1.165) is 67.3 Å². The van der Waals surface area contributed by atoms with Crippen LogP contribution >= 0.6 is 0 Å². The summed E-state index contributed by atoms with van der Waals surface area (Å²) < 4.78 is 31.5. The first-order valence-electron chi connectivity index (χ1n) is 14.1. The van der Waals surface area contributed by atoms with Gasteiger partial charge in [-0.2, -0.15) is 9.19 Å². The van der Waals surface area contributed by atoms with E-state index in [0.29, 0.717) is 42.4 Å². The molecule has 0 aromatic carbocycles. The van der Waals surface area contributed by atoms with Crippen molar-refractivity contribution in [2.24, 2.45) is 0 Å². The van der Waals surface area contributed by atoms with Crippen molar-refractivity contribution in [3.8, 4) is 23.2 Å². The standard InChI is InChI=1S/C28H34N8O4S/c37-23-5-3-22(4-6-23)32-25-16-27(30-17-20(25)2-1-11-35-12-14-40-15-13-35)33-26-9-10-29-28(34-26)21-18-31-36(19-21)41(38,39)24-7-8-24/h9-10,16-19,22-24,37H,3-8,11-15H2,(H2,29,30,32,33,34). The Morgan fingerprint density at radius 3 is 2.63 bits per heavy atom. The summed E-state index contributed by atoms with van der Waals surface area (Å²) in [6.07, 6.45) is 10.7. The number of morpholine rings is 1. The number of hydrogen-bond acceptors (Lipinski definition) is 11. The van der Waals surface area contributed by atoms with Crippen LogP contribution in [0.25, 0.3) is 11.4 Å². The summed E-state index contributed by atoms with van der Waals surface area (Å²) in [5.74, 6) is 8.02. The number of ether oxygens (including phenoxy) is 1. The molecule has 3 aromatic rings. The van der Waals surface area contributed by atoms with Gasteiger partial charge in [-0.05, 0) is 44.6 Å². The summed E-state index contributed by atoms with van der Waals surface area (Å²) in [5, 5.41) is 20.5. The minimum absolute atomic E-state index is 0.233. The zero-order valence-corrected chi connectivity index (χ0v) is 23.6. The van der Waals surface area contributed by atoms with Crippen LogP contribution in [0.1, 0.15) is 44.1 Å². The first-order chi connectivity index (χ1) is 19.9. The molecule has 0 amide bonds. The molecule has 1 saturated heterocycles. The van der Waals surface area contributed by atoms with Crippen LogP contribution in [0, 0.1) is 11.8 Å². The van der Waals surface area contributed by atoms with E-state index in [9.17, 15) is 13.5 Å². The van der Waals surface area contributed by atoms with Gasteiger partial charge >= 0.3 is 0 Å². The van der Waals surface area contributed by atoms with E-state index in [2.05, 4.69) is 47.4 Å². The highest BCUT2D eigenvalue weighted by molar-refractivity contribution is 7.90. The summed E-state index contributed by atoms with van der Waals surface area (Å²) in [4.78, 5) is 15.7. The van der Waals surface area contributed by atoms with Crippen molar-refractivity contribution in [2.75, 3.05) is 43.5 Å². The molecule has 3 aromatic heterocycles. The number of hydrogen-bond donors (Lipinski definition) is 3. The van der Waals surface area contributed by atoms with Crippen LogP contribution in [0.4, 0.5) is 17.3 Å². The van der Waals surface area contributed by atoms with Gasteiger partial charge in [0.25, 0.3) is 10.0 Å². The minimum Gasteiger partial charge on any atom is -0.393 e. The summed E-state index contributed by atoms with van der Waals surface area (Å²) in [7, 11) is -3.47. The number of rotatable bonds is 8. The third-order valence-corrected chi connectivity index (χ3v) is 9.56. The molecule has 3 N–H and O–H groups in total. The molecule has 12 nitrogen and oxygen atoms in total. The molecule has 0 unspecified atom stereocenters. The van der Waals surface area contributed by atoms with Crippen LogP contribution in [0.15, 0.2) is 36.9 Å². The van der Waals surface area contributed by atoms with Gasteiger partial charge in [-0.1, -0.05) is 11.8 Å². The number of aromatic nitrogens is 5. The Labute approximate surface area is 239 Å². The molecular formula is C28H34N8O4S. The lowest BCUT2D eigenvalue weighted by molar-refractivity contribution is 0.0443. The maximum Gasteiger partial charge on any atom is 0.256 e. The van der Waals surface area contributed by atoms with E-state index in [1.54, 1.807) is 18.5 Å². The summed E-state index contributed by atoms with van der Waals surface area (Å²) >= 11 is 0. The van der Waals surface area contributed by atoms with Gasteiger partial charge in [-0.3, -0.25) is 4.90 Å². The molecule has 41 heavy (non-hydrogen) atoms. The molecule has 0 radical (unpaired) electrons. The average molecular weight is 579 g/mol. The van der Waals surface area contributed by atoms with Crippen molar-refractivity contribution in [2.45, 2.75) is 55.9 Å². The van der Waals surface area contributed by atoms with Gasteiger partial charge in [0, 0.05) is 37.6 Å². The van der Waals surface area contributed by atoms with Gasteiger partial charge < -0.3 is 20.5 Å². The monoisotopic (exact) mass is 578 g/mol. The van der Waals surface area contributed by atoms with Crippen LogP contribution in [0.3, 0.4) is 0 Å². The Morgan fingerprint density at radius 1 is 1.05 bits per heavy atom. The van der Waals surface area contributed by atoms with E-state index in [4.69, 9.17) is 4.74 Å². The molecule has 216 valence electrons. The van der Waals surface area contributed by atoms with Crippen molar-refractivity contribution < 1.29 is 18.3 Å². The Bertz CT molecular complexity index is 1530. The molecule has 6 rings (SSSR count). The van der Waals surface area contributed by atoms with Gasteiger partial charge in [-0.25, -0.2) is 23.4 Å². The second-order valence-corrected chi connectivity index (χ2v) is 12.8. The Balaban J connectivity index is 1.20. The number of aliphatic hydroxyl groups excluding tert-OH is 1. The molecule has 1 aliphatic heterocycles. The van der Waals surface area contributed by atoms with Crippen molar-refractivity contribution >= 4 is 27.3 Å². The van der Waals surface area contributed by atoms with Gasteiger partial charge in [0.15, 0.2) is 5.82 Å². The zero-order chi connectivity index (χ0) is 28.2. The molecular weight excluding hydrogens is 544 g/mol. The molecule has 4 heterocycles. The highest BCUT2D eigenvalue weighted by Gasteiger charge is 2.37. The fraction of sp³-hybridized carbons (Fsp3) is 0.500. The van der Waals surface area contributed by atoms with Crippen molar-refractivity contribution in [1.82, 2.24) is 29.0 Å². The Kier molecular flexibility index (Phi) is 8.16. The van der Waals surface area contributed by atoms with Gasteiger partial charge in [0.1, 0.15) is 11.6 Å². The van der Waals surface area contributed by atoms with E-state index in [-0.39, 0.29) is 17.4 Å². The predicted octanol–water partition coefficient (Wildman–Crippen LogP) is 2.22. The normalized spacial score (nSPS) is 21.6. The number of nitrogens with zero attached hydrogens (tertiary/aromatic N) is 6. The maximum atomic E-state index is 12.5. The van der Waals surface area contributed by atoms with Crippen LogP contribution in [-0.4, -0.2) is 92.8 Å². The van der Waals surface area contributed by atoms with Crippen LogP contribution in [0.2, 0.25) is 0 Å². The Hall–Kier alpha value is -3.57. The molecule has 0 spiro atoms. The average Bonchev–Trinajstić information content (AvgIpc) is 3.73. The lowest BCUT2D eigenvalue weighted by Gasteiger charge is -2.27.